The molecule has 1 fully saturated rings. The van der Waals surface area contributed by atoms with Gasteiger partial charge in [0.05, 0.1) is 12.7 Å². The molecule has 2 aromatic heterocycles. The second-order valence-corrected chi connectivity index (χ2v) is 7.77. The van der Waals surface area contributed by atoms with Crippen LogP contribution in [-0.2, 0) is 6.42 Å². The Labute approximate surface area is 168 Å². The maximum Gasteiger partial charge on any atom is 0.407 e. The second-order valence-electron chi connectivity index (χ2n) is 7.77. The number of amides is 1. The van der Waals surface area contributed by atoms with Gasteiger partial charge in [-0.3, -0.25) is 0 Å². The normalized spacial score (nSPS) is 22.0. The molecule has 8 heteroatoms. The fourth-order valence-corrected chi connectivity index (χ4v) is 3.92. The van der Waals surface area contributed by atoms with E-state index in [9.17, 15) is 9.90 Å². The average Bonchev–Trinajstić information content (AvgIpc) is 3.18. The summed E-state index contributed by atoms with van der Waals surface area (Å²) in [7, 11) is 0. The standard InChI is InChI=1S/C21H24FN5O2/c1-15-2-4-16(5-3-15)12-21(8-11-26(20(28)29)13-17(21)22)14-23-18-7-10-27-19(25-18)6-9-24-27/h2-7,9-10,17H,8,11-14H2,1H3,(H,23,25)(H,28,29)/t17-,21?/m1/s1. The van der Waals surface area contributed by atoms with E-state index in [1.165, 1.54) is 0 Å². The van der Waals surface area contributed by atoms with Crippen molar-refractivity contribution in [2.45, 2.75) is 25.9 Å². The third-order valence-corrected chi connectivity index (χ3v) is 5.75. The number of hydrogen-bond acceptors (Lipinski definition) is 4. The molecule has 0 radical (unpaired) electrons. The van der Waals surface area contributed by atoms with Gasteiger partial charge in [0.2, 0.25) is 0 Å². The van der Waals surface area contributed by atoms with Crippen molar-refractivity contribution in [1.29, 1.82) is 0 Å². The molecule has 3 heterocycles. The predicted molar refractivity (Wildman–Crippen MR) is 108 cm³/mol. The molecule has 0 aliphatic carbocycles. The Morgan fingerprint density at radius 2 is 2.10 bits per heavy atom. The van der Waals surface area contributed by atoms with Crippen LogP contribution in [0.3, 0.4) is 0 Å². The molecule has 3 aromatic rings. The van der Waals surface area contributed by atoms with Crippen molar-refractivity contribution < 1.29 is 14.3 Å². The molecule has 4 rings (SSSR count). The molecule has 29 heavy (non-hydrogen) atoms. The van der Waals surface area contributed by atoms with Crippen molar-refractivity contribution in [2.24, 2.45) is 5.41 Å². The fourth-order valence-electron chi connectivity index (χ4n) is 3.92. The topological polar surface area (TPSA) is 82.8 Å². The molecule has 0 bridgehead atoms. The number of carboxylic acid groups (broad SMARTS) is 1. The van der Waals surface area contributed by atoms with Gasteiger partial charge in [-0.2, -0.15) is 5.10 Å². The minimum atomic E-state index is -1.28. The number of nitrogens with zero attached hydrogens (tertiary/aromatic N) is 4. The predicted octanol–water partition coefficient (Wildman–Crippen LogP) is 3.40. The lowest BCUT2D eigenvalue weighted by molar-refractivity contribution is 0.0191. The fraction of sp³-hybridized carbons (Fsp3) is 0.381. The first-order valence-corrected chi connectivity index (χ1v) is 9.67. The molecular formula is C21H24FN5O2. The highest BCUT2D eigenvalue weighted by atomic mass is 19.1. The summed E-state index contributed by atoms with van der Waals surface area (Å²) >= 11 is 0. The molecule has 1 saturated heterocycles. The van der Waals surface area contributed by atoms with Gasteiger partial charge in [-0.25, -0.2) is 18.7 Å². The molecular weight excluding hydrogens is 373 g/mol. The molecule has 0 spiro atoms. The zero-order chi connectivity index (χ0) is 20.4. The molecule has 1 aromatic carbocycles. The lowest BCUT2D eigenvalue weighted by atomic mass is 9.72. The van der Waals surface area contributed by atoms with E-state index in [2.05, 4.69) is 15.4 Å². The highest BCUT2D eigenvalue weighted by Gasteiger charge is 2.44. The first-order chi connectivity index (χ1) is 13.9. The van der Waals surface area contributed by atoms with Crippen LogP contribution in [0, 0.1) is 12.3 Å². The number of nitrogens with one attached hydrogen (secondary N) is 1. The van der Waals surface area contributed by atoms with Gasteiger partial charge in [0.25, 0.3) is 0 Å². The summed E-state index contributed by atoms with van der Waals surface area (Å²) in [5.41, 5.74) is 2.19. The molecule has 2 N–H and O–H groups in total. The van der Waals surface area contributed by atoms with E-state index in [0.717, 1.165) is 16.0 Å². The van der Waals surface area contributed by atoms with Crippen LogP contribution in [0.1, 0.15) is 17.5 Å². The quantitative estimate of drug-likeness (QED) is 0.690. The van der Waals surface area contributed by atoms with Crippen molar-refractivity contribution in [3.05, 3.63) is 59.9 Å². The number of rotatable bonds is 5. The van der Waals surface area contributed by atoms with Crippen molar-refractivity contribution in [3.8, 4) is 0 Å². The van der Waals surface area contributed by atoms with Gasteiger partial charge < -0.3 is 15.3 Å². The highest BCUT2D eigenvalue weighted by molar-refractivity contribution is 5.65. The zero-order valence-corrected chi connectivity index (χ0v) is 16.3. The minimum Gasteiger partial charge on any atom is -0.465 e. The van der Waals surface area contributed by atoms with E-state index in [1.54, 1.807) is 29.0 Å². The summed E-state index contributed by atoms with van der Waals surface area (Å²) in [5.74, 6) is 0.647. The summed E-state index contributed by atoms with van der Waals surface area (Å²) in [4.78, 5) is 17.0. The van der Waals surface area contributed by atoms with Gasteiger partial charge >= 0.3 is 6.09 Å². The molecule has 7 nitrogen and oxygen atoms in total. The van der Waals surface area contributed by atoms with E-state index < -0.39 is 17.7 Å². The lowest BCUT2D eigenvalue weighted by Crippen LogP contribution is -2.54. The summed E-state index contributed by atoms with van der Waals surface area (Å²) in [6, 6.07) is 11.7. The number of fused-ring (bicyclic) bond motifs is 1. The maximum atomic E-state index is 15.4. The van der Waals surface area contributed by atoms with Crippen LogP contribution in [0.25, 0.3) is 5.65 Å². The summed E-state index contributed by atoms with van der Waals surface area (Å²) in [6.45, 7) is 2.59. The Morgan fingerprint density at radius 1 is 1.31 bits per heavy atom. The minimum absolute atomic E-state index is 0.113. The Balaban J connectivity index is 1.57. The van der Waals surface area contributed by atoms with Crippen LogP contribution in [0.15, 0.2) is 48.8 Å². The number of carbonyl (C=O) groups is 1. The van der Waals surface area contributed by atoms with Crippen LogP contribution in [0.4, 0.5) is 15.0 Å². The van der Waals surface area contributed by atoms with Crippen LogP contribution < -0.4 is 5.32 Å². The van der Waals surface area contributed by atoms with Gasteiger partial charge in [0.1, 0.15) is 12.0 Å². The monoisotopic (exact) mass is 397 g/mol. The van der Waals surface area contributed by atoms with Crippen LogP contribution >= 0.6 is 0 Å². The molecule has 1 unspecified atom stereocenters. The van der Waals surface area contributed by atoms with Crippen LogP contribution in [-0.4, -0.2) is 56.5 Å². The van der Waals surface area contributed by atoms with E-state index in [-0.39, 0.29) is 6.54 Å². The third kappa shape index (κ3) is 4.01. The Bertz CT molecular complexity index is 1010. The lowest BCUT2D eigenvalue weighted by Gasteiger charge is -2.44. The summed E-state index contributed by atoms with van der Waals surface area (Å²) < 4.78 is 17.1. The SMILES string of the molecule is Cc1ccc(CC2(CNc3ccn4nccc4n3)CCN(C(=O)O)C[C@H]2F)cc1. The largest absolute Gasteiger partial charge is 0.465 e. The smallest absolute Gasteiger partial charge is 0.407 e. The van der Waals surface area contributed by atoms with E-state index >= 15 is 4.39 Å². The first kappa shape index (κ1) is 19.2. The Hall–Kier alpha value is -3.16. The maximum absolute atomic E-state index is 15.4. The first-order valence-electron chi connectivity index (χ1n) is 9.67. The molecule has 2 atom stereocenters. The van der Waals surface area contributed by atoms with E-state index in [1.807, 2.05) is 31.2 Å². The van der Waals surface area contributed by atoms with Gasteiger partial charge in [-0.1, -0.05) is 29.8 Å². The number of aryl methyl sites for hydroxylation is 1. The van der Waals surface area contributed by atoms with E-state index in [0.29, 0.717) is 37.4 Å². The average molecular weight is 397 g/mol. The molecule has 1 amide bonds. The van der Waals surface area contributed by atoms with Gasteiger partial charge in [-0.05, 0) is 31.4 Å². The van der Waals surface area contributed by atoms with Gasteiger partial charge in [0.15, 0.2) is 5.65 Å². The van der Waals surface area contributed by atoms with Crippen molar-refractivity contribution in [1.82, 2.24) is 19.5 Å². The molecule has 1 aliphatic rings. The van der Waals surface area contributed by atoms with Crippen molar-refractivity contribution in [2.75, 3.05) is 25.0 Å². The number of likely N-dealkylation sites (tertiary alicyclic amines) is 1. The Morgan fingerprint density at radius 3 is 2.83 bits per heavy atom. The van der Waals surface area contributed by atoms with Crippen molar-refractivity contribution in [3.63, 3.8) is 0 Å². The number of anilines is 1. The number of hydrogen-bond donors (Lipinski definition) is 2. The molecule has 0 saturated carbocycles. The van der Waals surface area contributed by atoms with Crippen molar-refractivity contribution >= 4 is 17.6 Å². The summed E-state index contributed by atoms with van der Waals surface area (Å²) in [6.07, 6.45) is 2.10. The molecule has 152 valence electrons. The number of halogens is 1. The third-order valence-electron chi connectivity index (χ3n) is 5.75. The van der Waals surface area contributed by atoms with Crippen LogP contribution in [0.2, 0.25) is 0 Å². The molecule has 1 aliphatic heterocycles. The van der Waals surface area contributed by atoms with E-state index in [4.69, 9.17) is 0 Å². The highest BCUT2D eigenvalue weighted by Crippen LogP contribution is 2.38. The number of piperidine rings is 1. The van der Waals surface area contributed by atoms with Gasteiger partial charge in [-0.15, -0.1) is 0 Å². The number of benzene rings is 1. The Kier molecular flexibility index (Phi) is 5.08. The summed E-state index contributed by atoms with van der Waals surface area (Å²) in [5, 5.41) is 16.7. The number of alkyl halides is 1. The zero-order valence-electron chi connectivity index (χ0n) is 16.3. The number of aromatic nitrogens is 3. The second kappa shape index (κ2) is 7.69. The van der Waals surface area contributed by atoms with Gasteiger partial charge in [0, 0.05) is 30.8 Å². The van der Waals surface area contributed by atoms with Crippen LogP contribution in [0.5, 0.6) is 0 Å².